The number of hydrogen-bond donors (Lipinski definition) is 0. The summed E-state index contributed by atoms with van der Waals surface area (Å²) in [4.78, 5) is 0. The third kappa shape index (κ3) is 8.92. The summed E-state index contributed by atoms with van der Waals surface area (Å²) in [5, 5.41) is 2.47. The van der Waals surface area contributed by atoms with Crippen LogP contribution in [0, 0.1) is 0 Å². The minimum Gasteiger partial charge on any atom is -1.00 e. The Hall–Kier alpha value is -2.26. The molecule has 0 N–H and O–H groups in total. The number of ether oxygens (including phenoxy) is 2. The molecule has 0 aliphatic carbocycles. The van der Waals surface area contributed by atoms with E-state index in [0.717, 1.165) is 24.5 Å². The fraction of sp³-hybridized carbons (Fsp3) is 0.545. The molecular weight excluding hydrogens is 478 g/mol. The molecule has 0 saturated carbocycles. The van der Waals surface area contributed by atoms with Crippen LogP contribution in [0.2, 0.25) is 0 Å². The van der Waals surface area contributed by atoms with E-state index in [-0.39, 0.29) is 17.8 Å². The molecule has 204 valence electrons. The van der Waals surface area contributed by atoms with Crippen molar-refractivity contribution in [1.29, 1.82) is 0 Å². The lowest BCUT2D eigenvalue weighted by atomic mass is 9.87. The normalized spacial score (nSPS) is 11.4. The Labute approximate surface area is 232 Å². The number of hydrogen-bond acceptors (Lipinski definition) is 2. The molecular formula is C33H48ClNO2. The number of nitrogens with zero attached hydrogens (tertiary/aromatic N) is 1. The highest BCUT2D eigenvalue weighted by Crippen LogP contribution is 2.33. The fourth-order valence-corrected chi connectivity index (χ4v) is 5.03. The second kappa shape index (κ2) is 15.2. The molecule has 1 heterocycles. The molecule has 0 unspecified atom stereocenters. The van der Waals surface area contributed by atoms with Crippen LogP contribution in [0.25, 0.3) is 10.8 Å². The van der Waals surface area contributed by atoms with Gasteiger partial charge in [-0.15, -0.1) is 0 Å². The zero-order valence-corrected chi connectivity index (χ0v) is 24.8. The van der Waals surface area contributed by atoms with Crippen molar-refractivity contribution in [2.45, 2.75) is 104 Å². The molecule has 0 aliphatic rings. The van der Waals surface area contributed by atoms with E-state index in [9.17, 15) is 0 Å². The molecule has 0 spiro atoms. The topological polar surface area (TPSA) is 22.3 Å². The average Bonchev–Trinajstić information content (AvgIpc) is 2.87. The summed E-state index contributed by atoms with van der Waals surface area (Å²) in [6.45, 7) is 9.97. The summed E-state index contributed by atoms with van der Waals surface area (Å²) in [6, 6.07) is 15.6. The summed E-state index contributed by atoms with van der Waals surface area (Å²) in [7, 11) is 3.43. The molecule has 0 atom stereocenters. The molecule has 37 heavy (non-hydrogen) atoms. The van der Waals surface area contributed by atoms with Crippen LogP contribution in [0.15, 0.2) is 48.7 Å². The van der Waals surface area contributed by atoms with Crippen molar-refractivity contribution in [1.82, 2.24) is 0 Å². The van der Waals surface area contributed by atoms with Gasteiger partial charge < -0.3 is 21.9 Å². The van der Waals surface area contributed by atoms with Crippen molar-refractivity contribution in [2.75, 3.05) is 14.2 Å². The Kier molecular flexibility index (Phi) is 12.7. The monoisotopic (exact) mass is 525 g/mol. The Morgan fingerprint density at radius 1 is 0.730 bits per heavy atom. The van der Waals surface area contributed by atoms with Crippen LogP contribution in [0.3, 0.4) is 0 Å². The Morgan fingerprint density at radius 2 is 1.30 bits per heavy atom. The van der Waals surface area contributed by atoms with Gasteiger partial charge in [-0.1, -0.05) is 103 Å². The van der Waals surface area contributed by atoms with Gasteiger partial charge in [0.05, 0.1) is 19.6 Å². The van der Waals surface area contributed by atoms with E-state index in [1.807, 2.05) is 0 Å². The minimum atomic E-state index is 0. The number of aromatic nitrogens is 1. The zero-order valence-electron chi connectivity index (χ0n) is 24.0. The van der Waals surface area contributed by atoms with Gasteiger partial charge in [0.25, 0.3) is 0 Å². The van der Waals surface area contributed by atoms with Gasteiger partial charge in [-0.3, -0.25) is 0 Å². The second-order valence-electron chi connectivity index (χ2n) is 11.2. The summed E-state index contributed by atoms with van der Waals surface area (Å²) >= 11 is 0. The van der Waals surface area contributed by atoms with E-state index >= 15 is 0 Å². The first-order valence-corrected chi connectivity index (χ1v) is 14.0. The van der Waals surface area contributed by atoms with Crippen molar-refractivity contribution in [3.8, 4) is 11.5 Å². The third-order valence-corrected chi connectivity index (χ3v) is 7.34. The maximum absolute atomic E-state index is 5.67. The van der Waals surface area contributed by atoms with E-state index in [4.69, 9.17) is 9.47 Å². The summed E-state index contributed by atoms with van der Waals surface area (Å²) in [6.07, 6.45) is 15.4. The summed E-state index contributed by atoms with van der Waals surface area (Å²) < 4.78 is 13.7. The Balaban J connectivity index is 0.00000481. The van der Waals surface area contributed by atoms with Gasteiger partial charge in [0.2, 0.25) is 0 Å². The molecule has 0 amide bonds. The maximum Gasteiger partial charge on any atom is 0.189 e. The maximum atomic E-state index is 5.67. The van der Waals surface area contributed by atoms with Crippen LogP contribution >= 0.6 is 0 Å². The zero-order chi connectivity index (χ0) is 26.0. The first-order valence-electron chi connectivity index (χ1n) is 14.0. The van der Waals surface area contributed by atoms with Gasteiger partial charge >= 0.3 is 0 Å². The molecule has 2 aromatic carbocycles. The standard InChI is InChI=1S/C33H48NO2.ClH/c1-7-8-9-10-11-12-13-14-15-16-30-29-24-32(36-6)31(35-5)23-27(29)21-22-34(30)25-26-17-19-28(20-18-26)33(2,3)4;/h17-24H,7-16,25H2,1-6H3;1H/q+1;/p-1. The lowest BCUT2D eigenvalue weighted by molar-refractivity contribution is -0.694. The van der Waals surface area contributed by atoms with Gasteiger partial charge in [-0.05, 0) is 34.9 Å². The molecule has 3 aromatic rings. The lowest BCUT2D eigenvalue weighted by Gasteiger charge is -2.19. The van der Waals surface area contributed by atoms with Crippen molar-refractivity contribution in [2.24, 2.45) is 0 Å². The molecule has 0 aliphatic heterocycles. The average molecular weight is 526 g/mol. The van der Waals surface area contributed by atoms with Crippen molar-refractivity contribution in [3.63, 3.8) is 0 Å². The Bertz CT molecular complexity index is 1090. The van der Waals surface area contributed by atoms with E-state index in [2.05, 4.69) is 80.9 Å². The number of fused-ring (bicyclic) bond motifs is 1. The fourth-order valence-electron chi connectivity index (χ4n) is 5.03. The summed E-state index contributed by atoms with van der Waals surface area (Å²) in [5.41, 5.74) is 4.27. The smallest absolute Gasteiger partial charge is 0.189 e. The van der Waals surface area contributed by atoms with Crippen LogP contribution < -0.4 is 26.4 Å². The molecule has 0 fully saturated rings. The number of halogens is 1. The molecule has 3 nitrogen and oxygen atoms in total. The number of methoxy groups -OCH3 is 2. The van der Waals surface area contributed by atoms with E-state index in [1.165, 1.54) is 85.4 Å². The van der Waals surface area contributed by atoms with Crippen LogP contribution in [0.1, 0.15) is 102 Å². The quantitative estimate of drug-likeness (QED) is 0.203. The highest BCUT2D eigenvalue weighted by molar-refractivity contribution is 5.87. The molecule has 0 bridgehead atoms. The highest BCUT2D eigenvalue weighted by Gasteiger charge is 2.19. The SMILES string of the molecule is CCCCCCCCCCCc1c2cc(OC)c(OC)cc2cc[n+]1Cc1ccc(C(C)(C)C)cc1.[Cl-]. The van der Waals surface area contributed by atoms with Gasteiger partial charge in [0.1, 0.15) is 0 Å². The van der Waals surface area contributed by atoms with Crippen LogP contribution in [0.5, 0.6) is 11.5 Å². The second-order valence-corrected chi connectivity index (χ2v) is 11.2. The van der Waals surface area contributed by atoms with Crippen molar-refractivity contribution >= 4 is 10.8 Å². The van der Waals surface area contributed by atoms with Crippen molar-refractivity contribution < 1.29 is 26.4 Å². The number of rotatable bonds is 14. The molecule has 3 rings (SSSR count). The number of pyridine rings is 1. The van der Waals surface area contributed by atoms with E-state index < -0.39 is 0 Å². The van der Waals surface area contributed by atoms with Crippen LogP contribution in [-0.2, 0) is 18.4 Å². The molecule has 0 saturated heterocycles. The van der Waals surface area contributed by atoms with E-state index in [0.29, 0.717) is 0 Å². The van der Waals surface area contributed by atoms with E-state index in [1.54, 1.807) is 14.2 Å². The molecule has 1 aromatic heterocycles. The summed E-state index contributed by atoms with van der Waals surface area (Å²) in [5.74, 6) is 1.58. The van der Waals surface area contributed by atoms with Crippen LogP contribution in [-0.4, -0.2) is 14.2 Å². The molecule has 4 heteroatoms. The van der Waals surface area contributed by atoms with Crippen LogP contribution in [0.4, 0.5) is 0 Å². The number of unbranched alkanes of at least 4 members (excludes halogenated alkanes) is 8. The number of benzene rings is 2. The van der Waals surface area contributed by atoms with Gasteiger partial charge in [0, 0.05) is 18.1 Å². The predicted octanol–water partition coefficient (Wildman–Crippen LogP) is 5.57. The lowest BCUT2D eigenvalue weighted by Crippen LogP contribution is -3.00. The van der Waals surface area contributed by atoms with Gasteiger partial charge in [-0.2, -0.15) is 4.57 Å². The largest absolute Gasteiger partial charge is 1.00 e. The first kappa shape index (κ1) is 31.0. The Morgan fingerprint density at radius 3 is 1.86 bits per heavy atom. The third-order valence-electron chi connectivity index (χ3n) is 7.34. The predicted molar refractivity (Wildman–Crippen MR) is 152 cm³/mol. The highest BCUT2D eigenvalue weighted by atomic mass is 35.5. The first-order chi connectivity index (χ1) is 17.4. The number of aryl methyl sites for hydroxylation is 1. The van der Waals surface area contributed by atoms with Gasteiger partial charge in [0.15, 0.2) is 29.9 Å². The van der Waals surface area contributed by atoms with Crippen molar-refractivity contribution in [3.05, 3.63) is 65.5 Å². The minimum absolute atomic E-state index is 0. The van der Waals surface area contributed by atoms with Gasteiger partial charge in [-0.25, -0.2) is 0 Å². The molecule has 0 radical (unpaired) electrons.